The fourth-order valence-corrected chi connectivity index (χ4v) is 2.65. The summed E-state index contributed by atoms with van der Waals surface area (Å²) < 4.78 is 13.5. The van der Waals surface area contributed by atoms with E-state index >= 15 is 0 Å². The molecule has 1 unspecified atom stereocenters. The van der Waals surface area contributed by atoms with E-state index < -0.39 is 35.7 Å². The minimum absolute atomic E-state index is 0.280. The number of rotatable bonds is 6. The summed E-state index contributed by atoms with van der Waals surface area (Å²) >= 11 is 0. The van der Waals surface area contributed by atoms with Gasteiger partial charge in [-0.15, -0.1) is 0 Å². The summed E-state index contributed by atoms with van der Waals surface area (Å²) in [7, 11) is 0. The summed E-state index contributed by atoms with van der Waals surface area (Å²) in [5.41, 5.74) is -0.242. The molecule has 1 atom stereocenters. The van der Waals surface area contributed by atoms with Crippen molar-refractivity contribution in [2.24, 2.45) is 5.92 Å². The molecule has 1 saturated heterocycles. The number of aryl methyl sites for hydroxylation is 1. The van der Waals surface area contributed by atoms with Crippen molar-refractivity contribution in [2.45, 2.75) is 46.1 Å². The Bertz CT molecular complexity index is 705. The van der Waals surface area contributed by atoms with Gasteiger partial charge in [-0.25, -0.2) is 9.18 Å². The third kappa shape index (κ3) is 4.35. The first-order chi connectivity index (χ1) is 11.6. The number of nitrogens with zero attached hydrogens (tertiary/aromatic N) is 1. The smallest absolute Gasteiger partial charge is 0.324 e. The third-order valence-corrected chi connectivity index (χ3v) is 4.32. The normalized spacial score (nSPS) is 20.2. The summed E-state index contributed by atoms with van der Waals surface area (Å²) in [5, 5.41) is 5.17. The summed E-state index contributed by atoms with van der Waals surface area (Å²) in [6, 6.07) is 3.73. The van der Waals surface area contributed by atoms with Crippen LogP contribution < -0.4 is 10.6 Å². The predicted molar refractivity (Wildman–Crippen MR) is 92.5 cm³/mol. The van der Waals surface area contributed by atoms with Gasteiger partial charge >= 0.3 is 6.03 Å². The van der Waals surface area contributed by atoms with Crippen LogP contribution in [0.1, 0.15) is 39.2 Å². The van der Waals surface area contributed by atoms with E-state index in [1.54, 1.807) is 26.0 Å². The Morgan fingerprint density at radius 3 is 2.64 bits per heavy atom. The second-order valence-electron chi connectivity index (χ2n) is 7.10. The molecule has 6 nitrogen and oxygen atoms in total. The van der Waals surface area contributed by atoms with Gasteiger partial charge in [0.15, 0.2) is 0 Å². The molecule has 1 fully saturated rings. The highest BCUT2D eigenvalue weighted by molar-refractivity contribution is 6.09. The quantitative estimate of drug-likeness (QED) is 0.775. The van der Waals surface area contributed by atoms with Crippen molar-refractivity contribution in [1.82, 2.24) is 10.2 Å². The van der Waals surface area contributed by atoms with E-state index in [-0.39, 0.29) is 5.69 Å². The van der Waals surface area contributed by atoms with Crippen LogP contribution in [0.5, 0.6) is 0 Å². The molecule has 1 aromatic carbocycles. The number of halogens is 1. The van der Waals surface area contributed by atoms with Gasteiger partial charge in [-0.05, 0) is 50.3 Å². The first kappa shape index (κ1) is 18.9. The van der Waals surface area contributed by atoms with Crippen LogP contribution in [0.2, 0.25) is 0 Å². The number of hydrogen-bond acceptors (Lipinski definition) is 3. The van der Waals surface area contributed by atoms with E-state index in [0.717, 1.165) is 11.3 Å². The number of hydrogen-bond donors (Lipinski definition) is 2. The fourth-order valence-electron chi connectivity index (χ4n) is 2.65. The first-order valence-electron chi connectivity index (χ1n) is 8.32. The number of nitrogens with one attached hydrogen (secondary N) is 2. The Kier molecular flexibility index (Phi) is 5.45. The predicted octanol–water partition coefficient (Wildman–Crippen LogP) is 2.82. The zero-order valence-electron chi connectivity index (χ0n) is 15.0. The number of amides is 4. The Morgan fingerprint density at radius 1 is 1.36 bits per heavy atom. The molecule has 2 rings (SSSR count). The number of anilines is 1. The number of benzene rings is 1. The number of carbonyl (C=O) groups excluding carboxylic acids is 3. The van der Waals surface area contributed by atoms with Crippen molar-refractivity contribution in [3.63, 3.8) is 0 Å². The largest absolute Gasteiger partial charge is 0.325 e. The van der Waals surface area contributed by atoms with Crippen molar-refractivity contribution in [1.29, 1.82) is 0 Å². The summed E-state index contributed by atoms with van der Waals surface area (Å²) in [6.45, 7) is 6.96. The van der Waals surface area contributed by atoms with Crippen molar-refractivity contribution in [3.05, 3.63) is 29.6 Å². The van der Waals surface area contributed by atoms with Gasteiger partial charge in [0.25, 0.3) is 5.91 Å². The van der Waals surface area contributed by atoms with Crippen LogP contribution in [-0.4, -0.2) is 34.8 Å². The van der Waals surface area contributed by atoms with Gasteiger partial charge in [0, 0.05) is 5.69 Å². The molecule has 1 heterocycles. The van der Waals surface area contributed by atoms with Crippen LogP contribution in [0.25, 0.3) is 0 Å². The van der Waals surface area contributed by atoms with Crippen LogP contribution in [0.3, 0.4) is 0 Å². The second-order valence-corrected chi connectivity index (χ2v) is 7.10. The van der Waals surface area contributed by atoms with Crippen molar-refractivity contribution >= 4 is 23.5 Å². The molecule has 1 aliphatic rings. The van der Waals surface area contributed by atoms with Crippen LogP contribution in [-0.2, 0) is 9.59 Å². The zero-order valence-corrected chi connectivity index (χ0v) is 15.0. The lowest BCUT2D eigenvalue weighted by atomic mass is 9.92. The minimum Gasteiger partial charge on any atom is -0.324 e. The highest BCUT2D eigenvalue weighted by atomic mass is 19.1. The monoisotopic (exact) mass is 349 g/mol. The summed E-state index contributed by atoms with van der Waals surface area (Å²) in [6.07, 6.45) is 1.29. The van der Waals surface area contributed by atoms with E-state index in [9.17, 15) is 18.8 Å². The molecule has 0 aromatic heterocycles. The Balaban J connectivity index is 2.01. The molecule has 136 valence electrons. The fraction of sp³-hybridized carbons (Fsp3) is 0.500. The third-order valence-electron chi connectivity index (χ3n) is 4.32. The molecule has 0 aliphatic carbocycles. The summed E-state index contributed by atoms with van der Waals surface area (Å²) in [4.78, 5) is 37.7. The molecule has 0 saturated carbocycles. The van der Waals surface area contributed by atoms with E-state index in [4.69, 9.17) is 0 Å². The van der Waals surface area contributed by atoms with Crippen molar-refractivity contribution in [3.8, 4) is 0 Å². The first-order valence-corrected chi connectivity index (χ1v) is 8.32. The molecule has 2 N–H and O–H groups in total. The maximum atomic E-state index is 13.5. The van der Waals surface area contributed by atoms with E-state index in [1.807, 2.05) is 13.8 Å². The van der Waals surface area contributed by atoms with Crippen LogP contribution in [0.15, 0.2) is 18.2 Å². The maximum absolute atomic E-state index is 13.5. The van der Waals surface area contributed by atoms with E-state index in [0.29, 0.717) is 17.9 Å². The molecular weight excluding hydrogens is 325 g/mol. The second kappa shape index (κ2) is 7.21. The van der Waals surface area contributed by atoms with Gasteiger partial charge in [-0.1, -0.05) is 19.9 Å². The molecular formula is C18H24FN3O3. The molecule has 1 aromatic rings. The SMILES string of the molecule is Cc1ccc(NC(=O)CN2C(=O)NC(C)(CCC(C)C)C2=O)cc1F. The van der Waals surface area contributed by atoms with Gasteiger partial charge < -0.3 is 10.6 Å². The molecule has 7 heteroatoms. The van der Waals surface area contributed by atoms with Crippen molar-refractivity contribution < 1.29 is 18.8 Å². The molecule has 1 aliphatic heterocycles. The standard InChI is InChI=1S/C18H24FN3O3/c1-11(2)7-8-18(4)16(24)22(17(25)21-18)10-15(23)20-13-6-5-12(3)14(19)9-13/h5-6,9,11H,7-8,10H2,1-4H3,(H,20,23)(H,21,25). The van der Waals surface area contributed by atoms with Gasteiger partial charge in [0.2, 0.25) is 5.91 Å². The molecule has 25 heavy (non-hydrogen) atoms. The van der Waals surface area contributed by atoms with Gasteiger partial charge in [0.05, 0.1) is 0 Å². The maximum Gasteiger partial charge on any atom is 0.325 e. The topological polar surface area (TPSA) is 78.5 Å². The van der Waals surface area contributed by atoms with Gasteiger partial charge in [-0.3, -0.25) is 14.5 Å². The average Bonchev–Trinajstić information content (AvgIpc) is 2.73. The van der Waals surface area contributed by atoms with Crippen LogP contribution >= 0.6 is 0 Å². The molecule has 0 radical (unpaired) electrons. The van der Waals surface area contributed by atoms with E-state index in [1.165, 1.54) is 6.07 Å². The molecule has 0 bridgehead atoms. The number of imide groups is 1. The highest BCUT2D eigenvalue weighted by Gasteiger charge is 2.47. The lowest BCUT2D eigenvalue weighted by molar-refractivity contribution is -0.133. The Morgan fingerprint density at radius 2 is 2.04 bits per heavy atom. The number of carbonyl (C=O) groups is 3. The van der Waals surface area contributed by atoms with E-state index in [2.05, 4.69) is 10.6 Å². The Hall–Kier alpha value is -2.44. The van der Waals surface area contributed by atoms with Crippen molar-refractivity contribution in [2.75, 3.05) is 11.9 Å². The van der Waals surface area contributed by atoms with Gasteiger partial charge in [-0.2, -0.15) is 0 Å². The zero-order chi connectivity index (χ0) is 18.8. The van der Waals surface area contributed by atoms with Crippen LogP contribution in [0, 0.1) is 18.7 Å². The Labute approximate surface area is 146 Å². The minimum atomic E-state index is -0.988. The average molecular weight is 349 g/mol. The number of urea groups is 1. The lowest BCUT2D eigenvalue weighted by Crippen LogP contribution is -2.44. The highest BCUT2D eigenvalue weighted by Crippen LogP contribution is 2.24. The van der Waals surface area contributed by atoms with Gasteiger partial charge in [0.1, 0.15) is 17.9 Å². The molecule has 4 amide bonds. The lowest BCUT2D eigenvalue weighted by Gasteiger charge is -2.22. The van der Waals surface area contributed by atoms with Crippen LogP contribution in [0.4, 0.5) is 14.9 Å². The summed E-state index contributed by atoms with van der Waals surface area (Å²) in [5.74, 6) is -1.01. The molecule has 0 spiro atoms.